The molecule has 0 fully saturated rings. The quantitative estimate of drug-likeness (QED) is 0.621. The van der Waals surface area contributed by atoms with E-state index in [-0.39, 0.29) is 25.1 Å². The first-order valence-electron chi connectivity index (χ1n) is 10.2. The molecule has 0 bridgehead atoms. The molecule has 2 atom stereocenters. The van der Waals surface area contributed by atoms with Crippen molar-refractivity contribution < 1.29 is 19.1 Å². The van der Waals surface area contributed by atoms with Crippen molar-refractivity contribution in [2.45, 2.75) is 32.9 Å². The predicted molar refractivity (Wildman–Crippen MR) is 120 cm³/mol. The highest BCUT2D eigenvalue weighted by Gasteiger charge is 2.39. The normalized spacial score (nSPS) is 16.9. The number of pyridine rings is 1. The molecule has 0 saturated heterocycles. The van der Waals surface area contributed by atoms with Crippen molar-refractivity contribution in [2.75, 3.05) is 13.2 Å². The van der Waals surface area contributed by atoms with Crippen LogP contribution in [0.1, 0.15) is 44.0 Å². The van der Waals surface area contributed by atoms with Crippen molar-refractivity contribution in [3.05, 3.63) is 76.2 Å². The molecule has 2 N–H and O–H groups in total. The van der Waals surface area contributed by atoms with Crippen molar-refractivity contribution in [1.29, 1.82) is 0 Å². The maximum absolute atomic E-state index is 13.4. The van der Waals surface area contributed by atoms with E-state index in [0.29, 0.717) is 21.9 Å². The maximum atomic E-state index is 13.4. The summed E-state index contributed by atoms with van der Waals surface area (Å²) in [5.74, 6) is -0.940. The van der Waals surface area contributed by atoms with Crippen LogP contribution in [0, 0.1) is 0 Å². The van der Waals surface area contributed by atoms with E-state index in [1.807, 2.05) is 19.1 Å². The van der Waals surface area contributed by atoms with Gasteiger partial charge in [-0.05, 0) is 56.2 Å². The summed E-state index contributed by atoms with van der Waals surface area (Å²) in [7, 11) is 0. The minimum absolute atomic E-state index is 0.182. The van der Waals surface area contributed by atoms with Gasteiger partial charge in [0.2, 0.25) is 0 Å². The summed E-state index contributed by atoms with van der Waals surface area (Å²) in [6.45, 7) is 5.06. The first-order valence-corrected chi connectivity index (χ1v) is 10.6. The van der Waals surface area contributed by atoms with Gasteiger partial charge in [0.25, 0.3) is 5.91 Å². The minimum Gasteiger partial charge on any atom is -0.465 e. The van der Waals surface area contributed by atoms with Gasteiger partial charge in [-0.1, -0.05) is 23.7 Å². The largest absolute Gasteiger partial charge is 0.465 e. The van der Waals surface area contributed by atoms with Crippen LogP contribution in [-0.2, 0) is 14.3 Å². The predicted octanol–water partition coefficient (Wildman–Crippen LogP) is 3.52. The molecule has 1 aromatic heterocycles. The number of rotatable bonds is 7. The number of halogens is 1. The Morgan fingerprint density at radius 1 is 1.28 bits per heavy atom. The Morgan fingerprint density at radius 2 is 2.00 bits per heavy atom. The lowest BCUT2D eigenvalue weighted by atomic mass is 9.92. The number of benzene rings is 1. The van der Waals surface area contributed by atoms with E-state index in [1.165, 1.54) is 4.90 Å². The summed E-state index contributed by atoms with van der Waals surface area (Å²) in [5, 5.41) is 6.11. The molecule has 2 aromatic rings. The highest BCUT2D eigenvalue weighted by Crippen LogP contribution is 2.35. The van der Waals surface area contributed by atoms with Crippen molar-refractivity contribution in [3.63, 3.8) is 0 Å². The summed E-state index contributed by atoms with van der Waals surface area (Å²) in [6, 6.07) is 8.88. The number of amides is 3. The van der Waals surface area contributed by atoms with E-state index in [4.69, 9.17) is 16.3 Å². The smallest absolute Gasteiger partial charge is 0.325 e. The molecule has 2 heterocycles. The summed E-state index contributed by atoms with van der Waals surface area (Å²) in [4.78, 5) is 43.7. The van der Waals surface area contributed by atoms with Gasteiger partial charge in [0.15, 0.2) is 0 Å². The Hall–Kier alpha value is -3.39. The maximum Gasteiger partial charge on any atom is 0.325 e. The topological polar surface area (TPSA) is 101 Å². The fraction of sp³-hybridized carbons (Fsp3) is 0.304. The van der Waals surface area contributed by atoms with E-state index >= 15 is 0 Å². The van der Waals surface area contributed by atoms with Crippen LogP contribution in [-0.4, -0.2) is 40.9 Å². The van der Waals surface area contributed by atoms with Gasteiger partial charge < -0.3 is 20.3 Å². The molecule has 8 nitrogen and oxygen atoms in total. The van der Waals surface area contributed by atoms with Gasteiger partial charge in [-0.3, -0.25) is 14.6 Å². The Kier molecular flexibility index (Phi) is 7.48. The van der Waals surface area contributed by atoms with Crippen LogP contribution < -0.4 is 10.6 Å². The van der Waals surface area contributed by atoms with Crippen LogP contribution in [0.2, 0.25) is 5.02 Å². The summed E-state index contributed by atoms with van der Waals surface area (Å²) in [5.41, 5.74) is 2.21. The molecule has 0 saturated carbocycles. The number of carbonyl (C=O) groups is 3. The first-order chi connectivity index (χ1) is 15.3. The molecule has 2 unspecified atom stereocenters. The molecule has 0 spiro atoms. The molecule has 3 amide bonds. The Bertz CT molecular complexity index is 1040. The zero-order valence-electron chi connectivity index (χ0n) is 18.1. The number of hydrogen-bond acceptors (Lipinski definition) is 5. The SMILES string of the molecule is CCOC(=O)CN1C(=O)NC(C)=C(C(=O)NC(C)c2ccncc2)C1c1cccc(Cl)c1. The molecular weight excluding hydrogens is 432 g/mol. The van der Waals surface area contributed by atoms with Crippen molar-refractivity contribution in [1.82, 2.24) is 20.5 Å². The lowest BCUT2D eigenvalue weighted by Crippen LogP contribution is -2.51. The lowest BCUT2D eigenvalue weighted by Gasteiger charge is -2.38. The van der Waals surface area contributed by atoms with E-state index in [1.54, 1.807) is 50.5 Å². The van der Waals surface area contributed by atoms with Crippen molar-refractivity contribution in [3.8, 4) is 0 Å². The second-order valence-corrected chi connectivity index (χ2v) is 7.77. The molecule has 1 aromatic carbocycles. The number of nitrogens with one attached hydrogen (secondary N) is 2. The summed E-state index contributed by atoms with van der Waals surface area (Å²) in [6.07, 6.45) is 3.30. The average Bonchev–Trinajstić information content (AvgIpc) is 2.76. The van der Waals surface area contributed by atoms with Gasteiger partial charge >= 0.3 is 12.0 Å². The highest BCUT2D eigenvalue weighted by molar-refractivity contribution is 6.30. The third-order valence-corrected chi connectivity index (χ3v) is 5.35. The molecule has 0 radical (unpaired) electrons. The Labute approximate surface area is 191 Å². The van der Waals surface area contributed by atoms with Crippen LogP contribution in [0.5, 0.6) is 0 Å². The lowest BCUT2D eigenvalue weighted by molar-refractivity contribution is -0.144. The number of allylic oxidation sites excluding steroid dienone is 1. The molecule has 32 heavy (non-hydrogen) atoms. The Morgan fingerprint density at radius 3 is 2.66 bits per heavy atom. The Balaban J connectivity index is 2.00. The van der Waals surface area contributed by atoms with Gasteiger partial charge in [-0.25, -0.2) is 4.79 Å². The number of carbonyl (C=O) groups excluding carboxylic acids is 3. The van der Waals surface area contributed by atoms with E-state index in [2.05, 4.69) is 15.6 Å². The van der Waals surface area contributed by atoms with Crippen LogP contribution >= 0.6 is 11.6 Å². The fourth-order valence-corrected chi connectivity index (χ4v) is 3.81. The monoisotopic (exact) mass is 456 g/mol. The minimum atomic E-state index is -0.823. The highest BCUT2D eigenvalue weighted by atomic mass is 35.5. The third kappa shape index (κ3) is 5.26. The van der Waals surface area contributed by atoms with Gasteiger partial charge in [-0.2, -0.15) is 0 Å². The van der Waals surface area contributed by atoms with Crippen molar-refractivity contribution >= 4 is 29.5 Å². The molecule has 9 heteroatoms. The van der Waals surface area contributed by atoms with E-state index in [9.17, 15) is 14.4 Å². The summed E-state index contributed by atoms with van der Waals surface area (Å²) < 4.78 is 5.04. The number of ether oxygens (including phenoxy) is 1. The summed E-state index contributed by atoms with van der Waals surface area (Å²) >= 11 is 6.20. The number of urea groups is 1. The van der Waals surface area contributed by atoms with E-state index in [0.717, 1.165) is 5.56 Å². The first kappa shape index (κ1) is 23.3. The van der Waals surface area contributed by atoms with E-state index < -0.39 is 18.0 Å². The fourth-order valence-electron chi connectivity index (χ4n) is 3.61. The number of esters is 1. The van der Waals surface area contributed by atoms with Gasteiger partial charge in [0.1, 0.15) is 6.54 Å². The molecular formula is C23H25ClN4O4. The second-order valence-electron chi connectivity index (χ2n) is 7.33. The van der Waals surface area contributed by atoms with Crippen LogP contribution in [0.3, 0.4) is 0 Å². The van der Waals surface area contributed by atoms with Crippen LogP contribution in [0.15, 0.2) is 60.1 Å². The number of aromatic nitrogens is 1. The average molecular weight is 457 g/mol. The van der Waals surface area contributed by atoms with Gasteiger partial charge in [0.05, 0.1) is 24.3 Å². The molecule has 0 aliphatic carbocycles. The molecule has 1 aliphatic heterocycles. The number of nitrogens with zero attached hydrogens (tertiary/aromatic N) is 2. The van der Waals surface area contributed by atoms with Crippen LogP contribution in [0.25, 0.3) is 0 Å². The second kappa shape index (κ2) is 10.3. The van der Waals surface area contributed by atoms with Gasteiger partial charge in [0, 0.05) is 23.1 Å². The molecule has 168 valence electrons. The third-order valence-electron chi connectivity index (χ3n) is 5.11. The van der Waals surface area contributed by atoms with Crippen LogP contribution in [0.4, 0.5) is 4.79 Å². The number of hydrogen-bond donors (Lipinski definition) is 2. The van der Waals surface area contributed by atoms with Crippen molar-refractivity contribution in [2.24, 2.45) is 0 Å². The molecule has 1 aliphatic rings. The van der Waals surface area contributed by atoms with Gasteiger partial charge in [-0.15, -0.1) is 0 Å². The zero-order valence-corrected chi connectivity index (χ0v) is 18.8. The zero-order chi connectivity index (χ0) is 23.3. The molecule has 3 rings (SSSR count). The standard InChI is InChI=1S/C23H25ClN4O4/c1-4-32-19(29)13-28-21(17-6-5-7-18(24)12-17)20(15(3)27-23(28)31)22(30)26-14(2)16-8-10-25-11-9-16/h5-12,14,21H,4,13H2,1-3H3,(H,26,30)(H,27,31).